The number of pyridine rings is 1. The van der Waals surface area contributed by atoms with Crippen molar-refractivity contribution in [3.8, 4) is 5.75 Å². The van der Waals surface area contributed by atoms with E-state index in [0.29, 0.717) is 0 Å². The molecule has 4 N–H and O–H groups in total. The predicted molar refractivity (Wildman–Crippen MR) is 101 cm³/mol. The van der Waals surface area contributed by atoms with Crippen LogP contribution in [0.3, 0.4) is 0 Å². The van der Waals surface area contributed by atoms with Crippen molar-refractivity contribution in [1.82, 2.24) is 4.98 Å². The van der Waals surface area contributed by atoms with E-state index in [1.54, 1.807) is 0 Å². The van der Waals surface area contributed by atoms with Crippen LogP contribution in [0.15, 0.2) is 36.5 Å². The van der Waals surface area contributed by atoms with E-state index in [1.807, 2.05) is 0 Å². The predicted octanol–water partition coefficient (Wildman–Crippen LogP) is 3.10. The number of halogens is 4. The van der Waals surface area contributed by atoms with Gasteiger partial charge in [0.25, 0.3) is 11.8 Å². The molecule has 0 spiro atoms. The summed E-state index contributed by atoms with van der Waals surface area (Å²) in [6, 6.07) is 5.32. The normalized spacial score (nSPS) is 25.9. The van der Waals surface area contributed by atoms with Crippen LogP contribution < -0.4 is 11.1 Å². The van der Waals surface area contributed by atoms with Gasteiger partial charge in [0.1, 0.15) is 23.4 Å². The third kappa shape index (κ3) is 4.05. The number of hydrogen-bond acceptors (Lipinski definition) is 5. The number of nitrogens with zero attached hydrogens (tertiary/aromatic N) is 1. The maximum absolute atomic E-state index is 13.8. The van der Waals surface area contributed by atoms with Crippen LogP contribution in [-0.2, 0) is 9.53 Å². The third-order valence-electron chi connectivity index (χ3n) is 5.56. The largest absolute Gasteiger partial charge is 0.508 e. The molecule has 0 saturated carbocycles. The molecule has 4 atom stereocenters. The Balaban J connectivity index is 2.01. The summed E-state index contributed by atoms with van der Waals surface area (Å²) >= 11 is 0. The van der Waals surface area contributed by atoms with Gasteiger partial charge in [-0.25, -0.2) is 4.39 Å². The van der Waals surface area contributed by atoms with Gasteiger partial charge in [-0.15, -0.1) is 0 Å². The Labute approximate surface area is 174 Å². The number of anilines is 1. The number of phenols is 1. The van der Waals surface area contributed by atoms with Crippen molar-refractivity contribution in [2.24, 2.45) is 11.7 Å². The summed E-state index contributed by atoms with van der Waals surface area (Å²) in [6.45, 7) is 2.06. The molecule has 0 unspecified atom stereocenters. The molecule has 7 nitrogen and oxygen atoms in total. The highest BCUT2D eigenvalue weighted by molar-refractivity contribution is 5.97. The van der Waals surface area contributed by atoms with E-state index in [1.165, 1.54) is 19.2 Å². The summed E-state index contributed by atoms with van der Waals surface area (Å²) in [5.74, 6) is -5.74. The van der Waals surface area contributed by atoms with Crippen molar-refractivity contribution < 1.29 is 37.0 Å². The van der Waals surface area contributed by atoms with Gasteiger partial charge in [0.2, 0.25) is 0 Å². The minimum Gasteiger partial charge on any atom is -0.508 e. The molecular formula is C20H19F4N3O4. The monoisotopic (exact) mass is 441 g/mol. The highest BCUT2D eigenvalue weighted by atomic mass is 19.4. The summed E-state index contributed by atoms with van der Waals surface area (Å²) in [5.41, 5.74) is 2.27. The second-order valence-electron chi connectivity index (χ2n) is 7.44. The van der Waals surface area contributed by atoms with Crippen molar-refractivity contribution in [2.45, 2.75) is 37.6 Å². The van der Waals surface area contributed by atoms with Gasteiger partial charge in [-0.2, -0.15) is 13.2 Å². The van der Waals surface area contributed by atoms with E-state index >= 15 is 0 Å². The van der Waals surface area contributed by atoms with Crippen molar-refractivity contribution in [1.29, 1.82) is 0 Å². The molecule has 0 aliphatic carbocycles. The fourth-order valence-corrected chi connectivity index (χ4v) is 3.68. The smallest absolute Gasteiger partial charge is 0.417 e. The van der Waals surface area contributed by atoms with Crippen molar-refractivity contribution >= 4 is 17.5 Å². The highest BCUT2D eigenvalue weighted by Crippen LogP contribution is 2.54. The first kappa shape index (κ1) is 22.5. The van der Waals surface area contributed by atoms with E-state index < -0.39 is 53.1 Å². The van der Waals surface area contributed by atoms with Gasteiger partial charge < -0.3 is 20.9 Å². The molecule has 2 amide bonds. The van der Waals surface area contributed by atoms with Crippen LogP contribution in [0.2, 0.25) is 0 Å². The van der Waals surface area contributed by atoms with E-state index in [9.17, 15) is 32.3 Å². The zero-order valence-corrected chi connectivity index (χ0v) is 16.4. The molecule has 2 aromatic rings. The second kappa shape index (κ2) is 7.80. The second-order valence-corrected chi connectivity index (χ2v) is 7.44. The molecule has 1 aromatic carbocycles. The standard InChI is InChI=1S/C20H19F4N3O4/c1-9-15(12-4-3-10(21)7-14(12)28)16(31-19(9,2)20(22,23)24)18(30)27-11-5-6-26-13(8-11)17(25)29/h3-9,15-16,28H,1-2H3,(H2,25,29)(H,26,27,30)/t9-,15+,16-,19-/m0/s1. The van der Waals surface area contributed by atoms with Crippen LogP contribution in [0.25, 0.3) is 0 Å². The number of hydrogen-bond donors (Lipinski definition) is 3. The van der Waals surface area contributed by atoms with Gasteiger partial charge in [0.05, 0.1) is 0 Å². The topological polar surface area (TPSA) is 115 Å². The fraction of sp³-hybridized carbons (Fsp3) is 0.350. The van der Waals surface area contributed by atoms with Gasteiger partial charge in [0.15, 0.2) is 5.60 Å². The van der Waals surface area contributed by atoms with Crippen molar-refractivity contribution in [3.05, 3.63) is 53.6 Å². The lowest BCUT2D eigenvalue weighted by molar-refractivity contribution is -0.272. The van der Waals surface area contributed by atoms with Gasteiger partial charge in [-0.1, -0.05) is 13.0 Å². The maximum atomic E-state index is 13.8. The Hall–Kier alpha value is -3.21. The first-order valence-corrected chi connectivity index (χ1v) is 9.15. The van der Waals surface area contributed by atoms with Crippen LogP contribution in [0, 0.1) is 11.7 Å². The van der Waals surface area contributed by atoms with Crippen molar-refractivity contribution in [2.75, 3.05) is 5.32 Å². The first-order chi connectivity index (χ1) is 14.3. The zero-order valence-electron chi connectivity index (χ0n) is 16.4. The number of amides is 2. The number of alkyl halides is 3. The quantitative estimate of drug-likeness (QED) is 0.631. The van der Waals surface area contributed by atoms with Gasteiger partial charge in [-0.05, 0) is 25.1 Å². The minimum absolute atomic E-state index is 0.0606. The number of aromatic hydroxyl groups is 1. The Kier molecular flexibility index (Phi) is 5.66. The number of phenolic OH excluding ortho intramolecular Hbond substituents is 1. The van der Waals surface area contributed by atoms with E-state index in [-0.39, 0.29) is 16.9 Å². The van der Waals surface area contributed by atoms with E-state index in [4.69, 9.17) is 10.5 Å². The van der Waals surface area contributed by atoms with E-state index in [2.05, 4.69) is 10.3 Å². The Morgan fingerprint density at radius 3 is 2.52 bits per heavy atom. The lowest BCUT2D eigenvalue weighted by Gasteiger charge is -2.31. The molecule has 2 heterocycles. The Morgan fingerprint density at radius 1 is 1.26 bits per heavy atom. The van der Waals surface area contributed by atoms with Gasteiger partial charge in [-0.3, -0.25) is 14.6 Å². The summed E-state index contributed by atoms with van der Waals surface area (Å²) in [4.78, 5) is 27.9. The molecule has 1 fully saturated rings. The number of carbonyl (C=O) groups excluding carboxylic acids is 2. The van der Waals surface area contributed by atoms with Crippen LogP contribution in [0.4, 0.5) is 23.2 Å². The summed E-state index contributed by atoms with van der Waals surface area (Å²) in [7, 11) is 0. The van der Waals surface area contributed by atoms with Crippen LogP contribution in [0.1, 0.15) is 35.8 Å². The van der Waals surface area contributed by atoms with Crippen molar-refractivity contribution in [3.63, 3.8) is 0 Å². The highest BCUT2D eigenvalue weighted by Gasteiger charge is 2.65. The molecule has 11 heteroatoms. The average Bonchev–Trinajstić information content (AvgIpc) is 2.94. The molecular weight excluding hydrogens is 422 g/mol. The Bertz CT molecular complexity index is 1030. The lowest BCUT2D eigenvalue weighted by Crippen LogP contribution is -2.47. The number of nitrogens with one attached hydrogen (secondary N) is 1. The summed E-state index contributed by atoms with van der Waals surface area (Å²) in [6.07, 6.45) is -5.31. The number of aromatic nitrogens is 1. The molecule has 1 saturated heterocycles. The molecule has 1 aliphatic heterocycles. The number of nitrogens with two attached hydrogens (primary N) is 1. The first-order valence-electron chi connectivity index (χ1n) is 9.15. The molecule has 31 heavy (non-hydrogen) atoms. The number of carbonyl (C=O) groups is 2. The summed E-state index contributed by atoms with van der Waals surface area (Å²) < 4.78 is 60.1. The maximum Gasteiger partial charge on any atom is 0.417 e. The molecule has 1 aromatic heterocycles. The molecule has 0 bridgehead atoms. The summed E-state index contributed by atoms with van der Waals surface area (Å²) in [5, 5.41) is 12.5. The van der Waals surface area contributed by atoms with Crippen LogP contribution >= 0.6 is 0 Å². The molecule has 1 aliphatic rings. The average molecular weight is 441 g/mol. The minimum atomic E-state index is -4.83. The zero-order chi connectivity index (χ0) is 23.1. The molecule has 0 radical (unpaired) electrons. The van der Waals surface area contributed by atoms with Gasteiger partial charge in [0, 0.05) is 35.3 Å². The fourth-order valence-electron chi connectivity index (χ4n) is 3.68. The number of rotatable bonds is 4. The van der Waals surface area contributed by atoms with Gasteiger partial charge >= 0.3 is 6.18 Å². The Morgan fingerprint density at radius 2 is 1.94 bits per heavy atom. The molecule has 3 rings (SSSR count). The molecule has 166 valence electrons. The number of ether oxygens (including phenoxy) is 1. The van der Waals surface area contributed by atoms with Crippen LogP contribution in [0.5, 0.6) is 5.75 Å². The van der Waals surface area contributed by atoms with Crippen LogP contribution in [-0.4, -0.2) is 39.8 Å². The van der Waals surface area contributed by atoms with E-state index in [0.717, 1.165) is 31.2 Å². The third-order valence-corrected chi connectivity index (χ3v) is 5.56. The SMILES string of the molecule is C[C@H]1[C@H](c2ccc(F)cc2O)[C@@H](C(=O)Nc2ccnc(C(N)=O)c2)O[C@]1(C)C(F)(F)F. The lowest BCUT2D eigenvalue weighted by atomic mass is 9.77. The number of primary amides is 1. The number of benzene rings is 1.